The van der Waals surface area contributed by atoms with Gasteiger partial charge in [-0.05, 0) is 85.8 Å². The predicted octanol–water partition coefficient (Wildman–Crippen LogP) is 6.71. The minimum atomic E-state index is -4.16. The topological polar surface area (TPSA) is 86.8 Å². The Morgan fingerprint density at radius 1 is 0.822 bits per heavy atom. The van der Waals surface area contributed by atoms with Crippen LogP contribution in [0.5, 0.6) is 0 Å². The van der Waals surface area contributed by atoms with E-state index in [4.69, 9.17) is 11.6 Å². The van der Waals surface area contributed by atoms with Gasteiger partial charge >= 0.3 is 0 Å². The van der Waals surface area contributed by atoms with Gasteiger partial charge in [0.2, 0.25) is 11.8 Å². The number of amides is 2. The number of hydrogen-bond donors (Lipinski definition) is 1. The van der Waals surface area contributed by atoms with Gasteiger partial charge in [0, 0.05) is 24.0 Å². The summed E-state index contributed by atoms with van der Waals surface area (Å²) in [5.74, 6) is -0.832. The summed E-state index contributed by atoms with van der Waals surface area (Å²) < 4.78 is 29.4. The molecule has 0 fully saturated rings. The molecule has 0 heterocycles. The molecule has 0 aliphatic heterocycles. The standard InChI is InChI=1S/C36H40ClN3O4S/c1-5-28(4)38-36(42)34(23-29-13-8-6-9-14-29)39(24-30-15-12-16-31(37)22-30)35(41)25-40(32-20-26(2)19-27(3)21-32)45(43,44)33-17-10-7-11-18-33/h6-22,28,34H,5,23-25H2,1-4H3,(H,38,42). The van der Waals surface area contributed by atoms with Crippen molar-refractivity contribution in [2.24, 2.45) is 0 Å². The Balaban J connectivity index is 1.83. The van der Waals surface area contributed by atoms with Gasteiger partial charge in [0.25, 0.3) is 10.0 Å². The second kappa shape index (κ2) is 15.2. The highest BCUT2D eigenvalue weighted by Gasteiger charge is 2.35. The third kappa shape index (κ3) is 8.96. The summed E-state index contributed by atoms with van der Waals surface area (Å²) >= 11 is 6.32. The van der Waals surface area contributed by atoms with Crippen molar-refractivity contribution in [2.75, 3.05) is 10.8 Å². The molecular weight excluding hydrogens is 606 g/mol. The van der Waals surface area contributed by atoms with E-state index in [2.05, 4.69) is 5.32 Å². The number of aryl methyl sites for hydroxylation is 2. The number of halogens is 1. The molecule has 4 aromatic rings. The Morgan fingerprint density at radius 3 is 2.02 bits per heavy atom. The predicted molar refractivity (Wildman–Crippen MR) is 181 cm³/mol. The average molecular weight is 646 g/mol. The zero-order chi connectivity index (χ0) is 32.6. The molecule has 0 aromatic heterocycles. The first-order chi connectivity index (χ1) is 21.5. The fraction of sp³-hybridized carbons (Fsp3) is 0.278. The van der Waals surface area contributed by atoms with E-state index in [1.807, 2.05) is 70.2 Å². The minimum absolute atomic E-state index is 0.0525. The Bertz CT molecular complexity index is 1690. The molecule has 4 aromatic carbocycles. The van der Waals surface area contributed by atoms with Crippen molar-refractivity contribution < 1.29 is 18.0 Å². The molecule has 0 spiro atoms. The molecule has 0 bridgehead atoms. The maximum Gasteiger partial charge on any atom is 0.264 e. The highest BCUT2D eigenvalue weighted by molar-refractivity contribution is 7.92. The van der Waals surface area contributed by atoms with Crippen molar-refractivity contribution >= 4 is 39.1 Å². The molecule has 0 saturated heterocycles. The van der Waals surface area contributed by atoms with Gasteiger partial charge in [-0.15, -0.1) is 0 Å². The smallest absolute Gasteiger partial charge is 0.264 e. The molecule has 45 heavy (non-hydrogen) atoms. The maximum absolute atomic E-state index is 14.6. The normalized spacial score (nSPS) is 12.6. The van der Waals surface area contributed by atoms with E-state index in [0.29, 0.717) is 22.7 Å². The number of nitrogens with one attached hydrogen (secondary N) is 1. The van der Waals surface area contributed by atoms with Crippen molar-refractivity contribution in [1.29, 1.82) is 0 Å². The maximum atomic E-state index is 14.6. The summed E-state index contributed by atoms with van der Waals surface area (Å²) in [6.45, 7) is 7.19. The number of nitrogens with zero attached hydrogens (tertiary/aromatic N) is 2. The monoisotopic (exact) mass is 645 g/mol. The molecule has 2 unspecified atom stereocenters. The molecule has 0 aliphatic rings. The average Bonchev–Trinajstić information content (AvgIpc) is 3.01. The number of sulfonamides is 1. The molecular formula is C36H40ClN3O4S. The van der Waals surface area contributed by atoms with Crippen molar-refractivity contribution in [2.45, 2.75) is 64.1 Å². The number of carbonyl (C=O) groups excluding carboxylic acids is 2. The molecule has 0 aliphatic carbocycles. The fourth-order valence-corrected chi connectivity index (χ4v) is 6.80. The molecule has 1 N–H and O–H groups in total. The molecule has 7 nitrogen and oxygen atoms in total. The van der Waals surface area contributed by atoms with Crippen LogP contribution in [-0.2, 0) is 32.6 Å². The van der Waals surface area contributed by atoms with Gasteiger partial charge < -0.3 is 10.2 Å². The van der Waals surface area contributed by atoms with E-state index >= 15 is 0 Å². The van der Waals surface area contributed by atoms with Gasteiger partial charge in [0.05, 0.1) is 10.6 Å². The van der Waals surface area contributed by atoms with E-state index in [9.17, 15) is 18.0 Å². The summed E-state index contributed by atoms with van der Waals surface area (Å²) in [5.41, 5.74) is 3.67. The summed E-state index contributed by atoms with van der Waals surface area (Å²) in [7, 11) is -4.16. The van der Waals surface area contributed by atoms with Crippen LogP contribution in [-0.4, -0.2) is 43.8 Å². The van der Waals surface area contributed by atoms with Gasteiger partial charge in [-0.1, -0.05) is 85.3 Å². The lowest BCUT2D eigenvalue weighted by atomic mass is 10.0. The van der Waals surface area contributed by atoms with Crippen LogP contribution in [0.4, 0.5) is 5.69 Å². The quantitative estimate of drug-likeness (QED) is 0.175. The summed E-state index contributed by atoms with van der Waals surface area (Å²) in [6, 6.07) is 29.0. The van der Waals surface area contributed by atoms with Crippen LogP contribution in [0.3, 0.4) is 0 Å². The van der Waals surface area contributed by atoms with Crippen molar-refractivity contribution in [1.82, 2.24) is 10.2 Å². The molecule has 2 atom stereocenters. The van der Waals surface area contributed by atoms with Crippen molar-refractivity contribution in [3.05, 3.63) is 130 Å². The number of rotatable bonds is 13. The van der Waals surface area contributed by atoms with Crippen molar-refractivity contribution in [3.63, 3.8) is 0 Å². The molecule has 2 amide bonds. The van der Waals surface area contributed by atoms with Crippen LogP contribution >= 0.6 is 11.6 Å². The van der Waals surface area contributed by atoms with Crippen LogP contribution in [0.15, 0.2) is 108 Å². The highest BCUT2D eigenvalue weighted by Crippen LogP contribution is 2.27. The van der Waals surface area contributed by atoms with Crippen LogP contribution in [0.25, 0.3) is 0 Å². The lowest BCUT2D eigenvalue weighted by Crippen LogP contribution is -2.54. The molecule has 0 radical (unpaired) electrons. The Hall–Kier alpha value is -4.14. The first kappa shape index (κ1) is 33.7. The molecule has 9 heteroatoms. The fourth-order valence-electron chi connectivity index (χ4n) is 5.17. The second-order valence-corrected chi connectivity index (χ2v) is 13.6. The lowest BCUT2D eigenvalue weighted by molar-refractivity contribution is -0.140. The van der Waals surface area contributed by atoms with Gasteiger partial charge in [0.1, 0.15) is 12.6 Å². The number of carbonyl (C=O) groups is 2. The molecule has 0 saturated carbocycles. The summed E-state index contributed by atoms with van der Waals surface area (Å²) in [4.78, 5) is 30.0. The zero-order valence-electron chi connectivity index (χ0n) is 26.1. The Morgan fingerprint density at radius 2 is 1.42 bits per heavy atom. The third-order valence-corrected chi connectivity index (χ3v) is 9.64. The molecule has 4 rings (SSSR count). The highest BCUT2D eigenvalue weighted by atomic mass is 35.5. The van der Waals surface area contributed by atoms with E-state index in [1.54, 1.807) is 48.5 Å². The SMILES string of the molecule is CCC(C)NC(=O)C(Cc1ccccc1)N(Cc1cccc(Cl)c1)C(=O)CN(c1cc(C)cc(C)c1)S(=O)(=O)c1ccccc1. The van der Waals surface area contributed by atoms with Crippen LogP contribution in [0.1, 0.15) is 42.5 Å². The molecule has 236 valence electrons. The Kier molecular flexibility index (Phi) is 11.4. The van der Waals surface area contributed by atoms with Gasteiger partial charge in [0.15, 0.2) is 0 Å². The van der Waals surface area contributed by atoms with E-state index in [-0.39, 0.29) is 29.8 Å². The van der Waals surface area contributed by atoms with Gasteiger partial charge in [-0.2, -0.15) is 0 Å². The largest absolute Gasteiger partial charge is 0.352 e. The number of benzene rings is 4. The van der Waals surface area contributed by atoms with Crippen LogP contribution < -0.4 is 9.62 Å². The Labute approximate surface area is 271 Å². The number of anilines is 1. The zero-order valence-corrected chi connectivity index (χ0v) is 27.7. The van der Waals surface area contributed by atoms with E-state index in [0.717, 1.165) is 21.0 Å². The number of hydrogen-bond acceptors (Lipinski definition) is 4. The van der Waals surface area contributed by atoms with Crippen molar-refractivity contribution in [3.8, 4) is 0 Å². The van der Waals surface area contributed by atoms with Crippen LogP contribution in [0, 0.1) is 13.8 Å². The third-order valence-electron chi connectivity index (χ3n) is 7.62. The second-order valence-electron chi connectivity index (χ2n) is 11.3. The van der Waals surface area contributed by atoms with E-state index in [1.165, 1.54) is 17.0 Å². The van der Waals surface area contributed by atoms with E-state index < -0.39 is 28.5 Å². The summed E-state index contributed by atoms with van der Waals surface area (Å²) in [6.07, 6.45) is 0.951. The van der Waals surface area contributed by atoms with Crippen LogP contribution in [0.2, 0.25) is 5.02 Å². The summed E-state index contributed by atoms with van der Waals surface area (Å²) in [5, 5.41) is 3.54. The van der Waals surface area contributed by atoms with Gasteiger partial charge in [-0.25, -0.2) is 8.42 Å². The first-order valence-corrected chi connectivity index (χ1v) is 16.8. The minimum Gasteiger partial charge on any atom is -0.352 e. The first-order valence-electron chi connectivity index (χ1n) is 15.0. The van der Waals surface area contributed by atoms with Gasteiger partial charge in [-0.3, -0.25) is 13.9 Å². The lowest BCUT2D eigenvalue weighted by Gasteiger charge is -2.34.